The zero-order valence-corrected chi connectivity index (χ0v) is 26.6. The number of carbonyl (C=O) groups is 2. The van der Waals surface area contributed by atoms with Crippen LogP contribution in [-0.4, -0.2) is 87.5 Å². The fourth-order valence-corrected chi connectivity index (χ4v) is 8.70. The molecule has 0 aromatic carbocycles. The van der Waals surface area contributed by atoms with Crippen LogP contribution in [0.15, 0.2) is 11.0 Å². The Balaban J connectivity index is 1.65. The number of hydrogen-bond donors (Lipinski definition) is 2. The number of aromatic nitrogens is 1. The summed E-state index contributed by atoms with van der Waals surface area (Å²) in [5.41, 5.74) is 0.184. The molecule has 0 spiro atoms. The molecule has 3 aliphatic rings. The Morgan fingerprint density at radius 1 is 1.15 bits per heavy atom. The number of esters is 1. The average Bonchev–Trinajstić information content (AvgIpc) is 3.40. The van der Waals surface area contributed by atoms with Gasteiger partial charge in [-0.05, 0) is 50.7 Å². The Morgan fingerprint density at radius 2 is 1.83 bits per heavy atom. The van der Waals surface area contributed by atoms with Crippen molar-refractivity contribution < 1.29 is 33.0 Å². The molecule has 10 nitrogen and oxygen atoms in total. The summed E-state index contributed by atoms with van der Waals surface area (Å²) in [6.45, 7) is 11.5. The lowest BCUT2D eigenvalue weighted by atomic mass is 9.73. The van der Waals surface area contributed by atoms with E-state index in [9.17, 15) is 28.2 Å². The van der Waals surface area contributed by atoms with Gasteiger partial charge in [-0.25, -0.2) is 4.98 Å². The highest BCUT2D eigenvalue weighted by atomic mass is 32.2. The first-order valence-corrected chi connectivity index (χ1v) is 16.9. The number of aliphatic hydroxyl groups excluding tert-OH is 2. The van der Waals surface area contributed by atoms with Crippen LogP contribution in [0.1, 0.15) is 83.8 Å². The Bertz CT molecular complexity index is 1260. The molecule has 230 valence electrons. The first kappa shape index (κ1) is 32.2. The largest absolute Gasteiger partial charge is 0.458 e. The minimum Gasteiger partial charge on any atom is -0.458 e. The van der Waals surface area contributed by atoms with Gasteiger partial charge in [0.25, 0.3) is 10.2 Å². The number of nitrogens with zero attached hydrogens (tertiary/aromatic N) is 3. The summed E-state index contributed by atoms with van der Waals surface area (Å²) >= 11 is 1.51. The van der Waals surface area contributed by atoms with Crippen molar-refractivity contribution in [3.8, 4) is 0 Å². The van der Waals surface area contributed by atoms with Crippen LogP contribution in [0.4, 0.5) is 0 Å². The molecule has 3 saturated heterocycles. The van der Waals surface area contributed by atoms with Gasteiger partial charge in [-0.15, -0.1) is 11.3 Å². The standard InChI is InChI=1S/C29H45N3O7S2/c1-17-9-7-10-22-23(32(22)41(37,38)31-11-8-12-31)14-24(18(2)13-21-16-40-20(4)30-21)39-26(34)15-25(33)29(5,6)28(36)19(3)27(17)35/h13,16-17,19,22-25,27,33,35H,7-12,14-15H2,1-6H3/t17-,19+,22+,23?,24?,25-,27-,32?/m0/s1. The quantitative estimate of drug-likeness (QED) is 0.391. The summed E-state index contributed by atoms with van der Waals surface area (Å²) in [6, 6.07) is -0.578. The lowest BCUT2D eigenvalue weighted by Crippen LogP contribution is -2.46. The number of ether oxygens (including phenoxy) is 1. The molecule has 2 N–H and O–H groups in total. The Morgan fingerprint density at radius 3 is 2.41 bits per heavy atom. The molecule has 1 aromatic rings. The third-order valence-electron chi connectivity index (χ3n) is 9.16. The van der Waals surface area contributed by atoms with E-state index in [0.717, 1.165) is 22.7 Å². The molecule has 0 saturated carbocycles. The van der Waals surface area contributed by atoms with E-state index in [1.165, 1.54) is 15.6 Å². The van der Waals surface area contributed by atoms with Crippen LogP contribution < -0.4 is 0 Å². The average molecular weight is 612 g/mol. The summed E-state index contributed by atoms with van der Waals surface area (Å²) < 4.78 is 35.8. The molecule has 3 aliphatic heterocycles. The molecule has 3 fully saturated rings. The third-order valence-corrected chi connectivity index (χ3v) is 12.0. The van der Waals surface area contributed by atoms with E-state index in [-0.39, 0.29) is 30.2 Å². The molecule has 0 aliphatic carbocycles. The normalized spacial score (nSPS) is 36.2. The number of cyclic esters (lactones) is 1. The summed E-state index contributed by atoms with van der Waals surface area (Å²) in [7, 11) is -3.63. The topological polar surface area (TPSA) is 137 Å². The Labute approximate surface area is 248 Å². The molecule has 0 bridgehead atoms. The summed E-state index contributed by atoms with van der Waals surface area (Å²) in [5, 5.41) is 24.8. The predicted molar refractivity (Wildman–Crippen MR) is 157 cm³/mol. The van der Waals surface area contributed by atoms with Crippen molar-refractivity contribution in [3.05, 3.63) is 21.7 Å². The number of ketones is 1. The van der Waals surface area contributed by atoms with Crippen molar-refractivity contribution in [1.82, 2.24) is 13.6 Å². The van der Waals surface area contributed by atoms with Crippen LogP contribution in [0, 0.1) is 24.2 Å². The molecule has 8 atom stereocenters. The van der Waals surface area contributed by atoms with Crippen molar-refractivity contribution in [2.75, 3.05) is 13.1 Å². The molecule has 1 aromatic heterocycles. The predicted octanol–water partition coefficient (Wildman–Crippen LogP) is 3.32. The van der Waals surface area contributed by atoms with Crippen molar-refractivity contribution in [2.24, 2.45) is 17.3 Å². The van der Waals surface area contributed by atoms with Crippen LogP contribution in [0.3, 0.4) is 0 Å². The smallest absolute Gasteiger partial charge is 0.309 e. The maximum absolute atomic E-state index is 13.4. The van der Waals surface area contributed by atoms with Crippen molar-refractivity contribution in [1.29, 1.82) is 0 Å². The van der Waals surface area contributed by atoms with Crippen molar-refractivity contribution >= 4 is 39.4 Å². The second kappa shape index (κ2) is 12.5. The van der Waals surface area contributed by atoms with Crippen LogP contribution in [0.25, 0.3) is 6.08 Å². The minimum atomic E-state index is -3.63. The number of Topliss-reactive ketones (excluding diaryl/α,β-unsaturated/α-hetero) is 1. The lowest BCUT2D eigenvalue weighted by molar-refractivity contribution is -0.154. The van der Waals surface area contributed by atoms with Gasteiger partial charge in [-0.3, -0.25) is 9.59 Å². The molecule has 3 unspecified atom stereocenters. The summed E-state index contributed by atoms with van der Waals surface area (Å²) in [4.78, 5) is 31.0. The molecule has 41 heavy (non-hydrogen) atoms. The molecule has 4 heterocycles. The van der Waals surface area contributed by atoms with Crippen molar-refractivity contribution in [2.45, 2.75) is 110 Å². The van der Waals surface area contributed by atoms with Crippen LogP contribution in [0.5, 0.6) is 0 Å². The molecular weight excluding hydrogens is 566 g/mol. The highest BCUT2D eigenvalue weighted by Crippen LogP contribution is 2.43. The van der Waals surface area contributed by atoms with Gasteiger partial charge in [0.1, 0.15) is 11.9 Å². The molecular formula is C29H45N3O7S2. The van der Waals surface area contributed by atoms with Crippen LogP contribution in [0.2, 0.25) is 0 Å². The zero-order valence-electron chi connectivity index (χ0n) is 24.9. The van der Waals surface area contributed by atoms with Crippen molar-refractivity contribution in [3.63, 3.8) is 0 Å². The van der Waals surface area contributed by atoms with Crippen LogP contribution in [-0.2, 0) is 24.5 Å². The van der Waals surface area contributed by atoms with Gasteiger partial charge >= 0.3 is 5.97 Å². The number of carbonyl (C=O) groups excluding carboxylic acids is 2. The number of rotatable bonds is 4. The zero-order chi connectivity index (χ0) is 30.3. The number of fused-ring (bicyclic) bond motifs is 1. The monoisotopic (exact) mass is 611 g/mol. The molecule has 12 heteroatoms. The molecule has 0 radical (unpaired) electrons. The molecule has 4 rings (SSSR count). The number of aryl methyl sites for hydroxylation is 1. The van der Waals surface area contributed by atoms with E-state index in [1.807, 2.05) is 32.2 Å². The minimum absolute atomic E-state index is 0.197. The summed E-state index contributed by atoms with van der Waals surface area (Å²) in [5.74, 6) is -1.93. The van der Waals surface area contributed by atoms with E-state index < -0.39 is 52.2 Å². The van der Waals surface area contributed by atoms with Gasteiger partial charge in [-0.2, -0.15) is 17.0 Å². The fourth-order valence-electron chi connectivity index (χ4n) is 6.04. The number of thiazole rings is 1. The van der Waals surface area contributed by atoms with Gasteiger partial charge in [0.05, 0.1) is 34.7 Å². The first-order chi connectivity index (χ1) is 19.1. The van der Waals surface area contributed by atoms with E-state index in [4.69, 9.17) is 4.74 Å². The van der Waals surface area contributed by atoms with Crippen LogP contribution >= 0.6 is 11.3 Å². The van der Waals surface area contributed by atoms with E-state index in [1.54, 1.807) is 25.1 Å². The third kappa shape index (κ3) is 6.94. The van der Waals surface area contributed by atoms with Gasteiger partial charge in [0, 0.05) is 42.9 Å². The number of hydrogen-bond acceptors (Lipinski definition) is 9. The highest BCUT2D eigenvalue weighted by molar-refractivity contribution is 7.87. The van der Waals surface area contributed by atoms with Gasteiger partial charge < -0.3 is 14.9 Å². The lowest BCUT2D eigenvalue weighted by Gasteiger charge is -2.34. The Kier molecular flexibility index (Phi) is 9.82. The highest BCUT2D eigenvalue weighted by Gasteiger charge is 2.57. The van der Waals surface area contributed by atoms with Gasteiger partial charge in [-0.1, -0.05) is 34.1 Å². The van der Waals surface area contributed by atoms with E-state index in [0.29, 0.717) is 32.4 Å². The Hall–Kier alpha value is -1.70. The second-order valence-corrected chi connectivity index (χ2v) is 15.5. The maximum atomic E-state index is 13.4. The maximum Gasteiger partial charge on any atom is 0.309 e. The number of aliphatic hydroxyl groups is 2. The van der Waals surface area contributed by atoms with E-state index in [2.05, 4.69) is 4.98 Å². The van der Waals surface area contributed by atoms with E-state index >= 15 is 0 Å². The fraction of sp³-hybridized carbons (Fsp3) is 0.759. The van der Waals surface area contributed by atoms with Gasteiger partial charge in [0.2, 0.25) is 0 Å². The van der Waals surface area contributed by atoms with Gasteiger partial charge in [0.15, 0.2) is 0 Å². The summed E-state index contributed by atoms with van der Waals surface area (Å²) in [6.07, 6.45) is 1.51. The SMILES string of the molecule is CC(=Cc1csc(C)n1)C1CC2[C@@H](CCC[C@H](C)[C@H](O)[C@@H](C)C(=O)C(C)(C)[C@@H](O)CC(=O)O1)N2S(=O)(=O)N1CCC1. The molecule has 0 amide bonds. The first-order valence-electron chi connectivity index (χ1n) is 14.6. The second-order valence-electron chi connectivity index (χ2n) is 12.6.